The molecule has 0 unspecified atom stereocenters. The monoisotopic (exact) mass is 252 g/mol. The van der Waals surface area contributed by atoms with Crippen molar-refractivity contribution in [2.24, 2.45) is 0 Å². The molecule has 0 amide bonds. The van der Waals surface area contributed by atoms with E-state index < -0.39 is 5.97 Å². The molecule has 1 aliphatic heterocycles. The molecule has 0 radical (unpaired) electrons. The first-order valence-electron chi connectivity index (χ1n) is 5.83. The van der Waals surface area contributed by atoms with Gasteiger partial charge in [0.15, 0.2) is 11.5 Å². The number of carboxylic acids is 1. The van der Waals surface area contributed by atoms with Crippen molar-refractivity contribution in [1.82, 2.24) is 0 Å². The lowest BCUT2D eigenvalue weighted by atomic mass is 10.0. The highest BCUT2D eigenvalue weighted by atomic mass is 16.7. The van der Waals surface area contributed by atoms with Gasteiger partial charge < -0.3 is 19.3 Å². The highest BCUT2D eigenvalue weighted by Crippen LogP contribution is 2.35. The van der Waals surface area contributed by atoms with Gasteiger partial charge in [0.05, 0.1) is 6.61 Å². The van der Waals surface area contributed by atoms with Crippen molar-refractivity contribution in [2.45, 2.75) is 25.9 Å². The van der Waals surface area contributed by atoms with Crippen LogP contribution in [-0.4, -0.2) is 25.0 Å². The summed E-state index contributed by atoms with van der Waals surface area (Å²) < 4.78 is 15.8. The summed E-state index contributed by atoms with van der Waals surface area (Å²) in [6.45, 7) is 0.722. The average molecular weight is 252 g/mol. The van der Waals surface area contributed by atoms with E-state index in [1.54, 1.807) is 7.11 Å². The third kappa shape index (κ3) is 2.92. The summed E-state index contributed by atoms with van der Waals surface area (Å²) >= 11 is 0. The summed E-state index contributed by atoms with van der Waals surface area (Å²) in [4.78, 5) is 10.5. The van der Waals surface area contributed by atoms with Gasteiger partial charge in [-0.1, -0.05) is 0 Å². The fourth-order valence-corrected chi connectivity index (χ4v) is 1.98. The zero-order chi connectivity index (χ0) is 13.0. The Hall–Kier alpha value is -1.75. The molecule has 98 valence electrons. The predicted octanol–water partition coefficient (Wildman–Crippen LogP) is 1.97. The van der Waals surface area contributed by atoms with Crippen LogP contribution in [0.15, 0.2) is 12.1 Å². The van der Waals surface area contributed by atoms with Crippen LogP contribution in [0, 0.1) is 0 Å². The number of rotatable bonds is 6. The molecule has 5 nitrogen and oxygen atoms in total. The summed E-state index contributed by atoms with van der Waals surface area (Å²) in [5.74, 6) is 0.674. The Morgan fingerprint density at radius 1 is 1.33 bits per heavy atom. The second-order valence-electron chi connectivity index (χ2n) is 4.15. The number of methoxy groups -OCH3 is 1. The van der Waals surface area contributed by atoms with Gasteiger partial charge >= 0.3 is 5.97 Å². The maximum Gasteiger partial charge on any atom is 0.303 e. The standard InChI is InChI=1S/C13H16O5/c1-16-7-10-6-12-11(17-8-18-12)5-9(10)3-2-4-13(14)15/h5-6H,2-4,7-8H2,1H3,(H,14,15). The molecule has 0 spiro atoms. The third-order valence-corrected chi connectivity index (χ3v) is 2.83. The first kappa shape index (κ1) is 12.7. The van der Waals surface area contributed by atoms with Gasteiger partial charge in [0.1, 0.15) is 0 Å². The Labute approximate surface area is 105 Å². The predicted molar refractivity (Wildman–Crippen MR) is 63.9 cm³/mol. The fourth-order valence-electron chi connectivity index (χ4n) is 1.98. The molecule has 0 bridgehead atoms. The maximum atomic E-state index is 10.5. The van der Waals surface area contributed by atoms with Crippen LogP contribution >= 0.6 is 0 Å². The van der Waals surface area contributed by atoms with E-state index in [-0.39, 0.29) is 13.2 Å². The highest BCUT2D eigenvalue weighted by molar-refractivity contribution is 5.66. The van der Waals surface area contributed by atoms with Gasteiger partial charge in [-0.05, 0) is 36.1 Å². The van der Waals surface area contributed by atoms with E-state index in [0.717, 1.165) is 22.6 Å². The highest BCUT2D eigenvalue weighted by Gasteiger charge is 2.17. The molecule has 0 aliphatic carbocycles. The van der Waals surface area contributed by atoms with E-state index in [1.807, 2.05) is 12.1 Å². The summed E-state index contributed by atoms with van der Waals surface area (Å²) in [6, 6.07) is 3.82. The van der Waals surface area contributed by atoms with Crippen LogP contribution in [0.3, 0.4) is 0 Å². The average Bonchev–Trinajstić information content (AvgIpc) is 2.76. The van der Waals surface area contributed by atoms with E-state index in [0.29, 0.717) is 19.4 Å². The number of ether oxygens (including phenoxy) is 3. The zero-order valence-corrected chi connectivity index (χ0v) is 10.3. The van der Waals surface area contributed by atoms with Gasteiger partial charge in [0, 0.05) is 13.5 Å². The van der Waals surface area contributed by atoms with Gasteiger partial charge in [-0.25, -0.2) is 0 Å². The first-order chi connectivity index (χ1) is 8.70. The number of aliphatic carboxylic acids is 1. The molecule has 1 N–H and O–H groups in total. The maximum absolute atomic E-state index is 10.5. The molecule has 5 heteroatoms. The SMILES string of the molecule is COCc1cc2c(cc1CCCC(=O)O)OCO2. The molecule has 1 heterocycles. The van der Waals surface area contributed by atoms with E-state index in [2.05, 4.69) is 0 Å². The smallest absolute Gasteiger partial charge is 0.303 e. The molecule has 1 aromatic carbocycles. The van der Waals surface area contributed by atoms with Crippen molar-refractivity contribution < 1.29 is 24.1 Å². The van der Waals surface area contributed by atoms with Crippen molar-refractivity contribution in [2.75, 3.05) is 13.9 Å². The van der Waals surface area contributed by atoms with Crippen molar-refractivity contribution in [3.05, 3.63) is 23.3 Å². The number of aryl methyl sites for hydroxylation is 1. The molecule has 18 heavy (non-hydrogen) atoms. The van der Waals surface area contributed by atoms with Crippen molar-refractivity contribution >= 4 is 5.97 Å². The van der Waals surface area contributed by atoms with Gasteiger partial charge in [-0.2, -0.15) is 0 Å². The Balaban J connectivity index is 2.13. The van der Waals surface area contributed by atoms with E-state index in [4.69, 9.17) is 19.3 Å². The number of hydrogen-bond donors (Lipinski definition) is 1. The lowest BCUT2D eigenvalue weighted by Crippen LogP contribution is -2.00. The Morgan fingerprint density at radius 2 is 2.00 bits per heavy atom. The van der Waals surface area contributed by atoms with E-state index in [9.17, 15) is 4.79 Å². The van der Waals surface area contributed by atoms with E-state index >= 15 is 0 Å². The van der Waals surface area contributed by atoms with Crippen molar-refractivity contribution in [1.29, 1.82) is 0 Å². The number of hydrogen-bond acceptors (Lipinski definition) is 4. The molecule has 0 atom stereocenters. The van der Waals surface area contributed by atoms with Gasteiger partial charge in [0.2, 0.25) is 6.79 Å². The molecule has 1 aromatic rings. The Kier molecular flexibility index (Phi) is 4.04. The number of fused-ring (bicyclic) bond motifs is 1. The molecule has 0 saturated carbocycles. The van der Waals surface area contributed by atoms with Crippen LogP contribution in [0.4, 0.5) is 0 Å². The summed E-state index contributed by atoms with van der Waals surface area (Å²) in [6.07, 6.45) is 1.47. The topological polar surface area (TPSA) is 65.0 Å². The lowest BCUT2D eigenvalue weighted by molar-refractivity contribution is -0.137. The van der Waals surface area contributed by atoms with Crippen LogP contribution in [-0.2, 0) is 22.6 Å². The summed E-state index contributed by atoms with van der Waals surface area (Å²) in [5.41, 5.74) is 2.08. The zero-order valence-electron chi connectivity index (χ0n) is 10.3. The molecule has 1 aliphatic rings. The number of carbonyl (C=O) groups is 1. The van der Waals surface area contributed by atoms with Gasteiger partial charge in [-0.15, -0.1) is 0 Å². The quantitative estimate of drug-likeness (QED) is 0.838. The largest absolute Gasteiger partial charge is 0.481 e. The second-order valence-corrected chi connectivity index (χ2v) is 4.15. The molecule has 2 rings (SSSR count). The minimum Gasteiger partial charge on any atom is -0.481 e. The number of benzene rings is 1. The minimum absolute atomic E-state index is 0.168. The number of carboxylic acid groups (broad SMARTS) is 1. The van der Waals surface area contributed by atoms with Crippen molar-refractivity contribution in [3.8, 4) is 11.5 Å². The lowest BCUT2D eigenvalue weighted by Gasteiger charge is -2.10. The van der Waals surface area contributed by atoms with Gasteiger partial charge in [-0.3, -0.25) is 4.79 Å². The summed E-state index contributed by atoms with van der Waals surface area (Å²) in [5, 5.41) is 8.65. The second kappa shape index (κ2) is 5.73. The molecule has 0 saturated heterocycles. The molecular formula is C13H16O5. The Morgan fingerprint density at radius 3 is 2.61 bits per heavy atom. The van der Waals surface area contributed by atoms with E-state index in [1.165, 1.54) is 0 Å². The first-order valence-corrected chi connectivity index (χ1v) is 5.83. The van der Waals surface area contributed by atoms with Crippen LogP contribution in [0.5, 0.6) is 11.5 Å². The molecule has 0 fully saturated rings. The summed E-state index contributed by atoms with van der Waals surface area (Å²) in [7, 11) is 1.63. The third-order valence-electron chi connectivity index (χ3n) is 2.83. The molecular weight excluding hydrogens is 236 g/mol. The van der Waals surface area contributed by atoms with Gasteiger partial charge in [0.25, 0.3) is 0 Å². The normalized spacial score (nSPS) is 12.7. The minimum atomic E-state index is -0.774. The van der Waals surface area contributed by atoms with Crippen LogP contribution < -0.4 is 9.47 Å². The van der Waals surface area contributed by atoms with Crippen LogP contribution in [0.25, 0.3) is 0 Å². The molecule has 0 aromatic heterocycles. The fraction of sp³-hybridized carbons (Fsp3) is 0.462. The van der Waals surface area contributed by atoms with Crippen LogP contribution in [0.1, 0.15) is 24.0 Å². The Bertz CT molecular complexity index is 441. The van der Waals surface area contributed by atoms with Crippen LogP contribution in [0.2, 0.25) is 0 Å². The van der Waals surface area contributed by atoms with Crippen molar-refractivity contribution in [3.63, 3.8) is 0 Å².